The first-order chi connectivity index (χ1) is 11.4. The molecule has 0 saturated carbocycles. The molecule has 0 bridgehead atoms. The van der Waals surface area contributed by atoms with Crippen LogP contribution in [0, 0.1) is 0 Å². The van der Waals surface area contributed by atoms with Crippen molar-refractivity contribution in [2.45, 2.75) is 45.6 Å². The number of hydrogen-bond donors (Lipinski definition) is 2. The predicted molar refractivity (Wildman–Crippen MR) is 105 cm³/mol. The molecule has 1 heterocycles. The average Bonchev–Trinajstić information content (AvgIpc) is 3.03. The summed E-state index contributed by atoms with van der Waals surface area (Å²) >= 11 is 6.06. The summed E-state index contributed by atoms with van der Waals surface area (Å²) in [5.41, 5.74) is 8.16. The van der Waals surface area contributed by atoms with Crippen molar-refractivity contribution in [2.24, 2.45) is 5.73 Å². The van der Waals surface area contributed by atoms with Crippen LogP contribution < -0.4 is 11.1 Å². The van der Waals surface area contributed by atoms with E-state index in [0.29, 0.717) is 23.6 Å². The number of nitrogens with two attached hydrogens (primary N) is 1. The third kappa shape index (κ3) is 4.97. The highest BCUT2D eigenvalue weighted by molar-refractivity contribution is 6.30. The summed E-state index contributed by atoms with van der Waals surface area (Å²) in [6.07, 6.45) is 3.91. The van der Waals surface area contributed by atoms with Gasteiger partial charge in [-0.3, -0.25) is 4.79 Å². The fourth-order valence-corrected chi connectivity index (χ4v) is 2.77. The Hall–Kier alpha value is -1.56. The Morgan fingerprint density at radius 1 is 1.32 bits per heavy atom. The summed E-state index contributed by atoms with van der Waals surface area (Å²) in [6, 6.07) is 7.42. The minimum atomic E-state index is -0.370. The average molecular weight is 385 g/mol. The molecule has 2 rings (SSSR count). The molecular weight excluding hydrogens is 359 g/mol. The van der Waals surface area contributed by atoms with Crippen molar-refractivity contribution >= 4 is 29.9 Å². The smallest absolute Gasteiger partial charge is 0.254 e. The van der Waals surface area contributed by atoms with E-state index >= 15 is 0 Å². The van der Waals surface area contributed by atoms with Gasteiger partial charge in [0.1, 0.15) is 0 Å². The summed E-state index contributed by atoms with van der Waals surface area (Å²) in [5.74, 6) is -0.142. The molecule has 1 aromatic heterocycles. The van der Waals surface area contributed by atoms with Crippen LogP contribution in [0.1, 0.15) is 49.7 Å². The van der Waals surface area contributed by atoms with Gasteiger partial charge in [0.25, 0.3) is 5.91 Å². The van der Waals surface area contributed by atoms with Crippen LogP contribution in [0.5, 0.6) is 0 Å². The van der Waals surface area contributed by atoms with Crippen LogP contribution in [0.3, 0.4) is 0 Å². The van der Waals surface area contributed by atoms with Gasteiger partial charge in [-0.2, -0.15) is 5.10 Å². The summed E-state index contributed by atoms with van der Waals surface area (Å²) in [5, 5.41) is 7.95. The molecular formula is C18H26Cl2N4O. The maximum absolute atomic E-state index is 12.6. The number of halogens is 2. The van der Waals surface area contributed by atoms with Crippen LogP contribution in [-0.4, -0.2) is 27.8 Å². The van der Waals surface area contributed by atoms with Crippen LogP contribution >= 0.6 is 24.0 Å². The summed E-state index contributed by atoms with van der Waals surface area (Å²) in [6.45, 7) is 6.51. The second-order valence-electron chi connectivity index (χ2n) is 6.00. The molecule has 1 aromatic carbocycles. The number of rotatable bonds is 7. The SMILES string of the molecule is CCc1c(C(=O)NCC(N)(CC)CC)cnn1-c1cccc(Cl)c1.Cl. The summed E-state index contributed by atoms with van der Waals surface area (Å²) in [4.78, 5) is 12.6. The number of carbonyl (C=O) groups is 1. The van der Waals surface area contributed by atoms with E-state index in [4.69, 9.17) is 17.3 Å². The Morgan fingerprint density at radius 3 is 2.56 bits per heavy atom. The first kappa shape index (κ1) is 21.5. The van der Waals surface area contributed by atoms with Crippen molar-refractivity contribution in [2.75, 3.05) is 6.54 Å². The fraction of sp³-hybridized carbons (Fsp3) is 0.444. The minimum absolute atomic E-state index is 0. The van der Waals surface area contributed by atoms with Gasteiger partial charge in [-0.15, -0.1) is 12.4 Å². The van der Waals surface area contributed by atoms with Gasteiger partial charge in [-0.1, -0.05) is 38.4 Å². The molecule has 3 N–H and O–H groups in total. The molecule has 0 saturated heterocycles. The highest BCUT2D eigenvalue weighted by atomic mass is 35.5. The van der Waals surface area contributed by atoms with Crippen molar-refractivity contribution in [3.8, 4) is 5.69 Å². The number of carbonyl (C=O) groups excluding carboxylic acids is 1. The van der Waals surface area contributed by atoms with Crippen LogP contribution in [0.25, 0.3) is 5.69 Å². The molecule has 0 unspecified atom stereocenters. The van der Waals surface area contributed by atoms with E-state index in [9.17, 15) is 4.79 Å². The molecule has 25 heavy (non-hydrogen) atoms. The molecule has 1 amide bonds. The number of hydrogen-bond acceptors (Lipinski definition) is 3. The number of benzene rings is 1. The van der Waals surface area contributed by atoms with Gasteiger partial charge < -0.3 is 11.1 Å². The quantitative estimate of drug-likeness (QED) is 0.762. The predicted octanol–water partition coefficient (Wildman–Crippen LogP) is 3.76. The molecule has 0 aliphatic heterocycles. The lowest BCUT2D eigenvalue weighted by molar-refractivity contribution is 0.0941. The molecule has 2 aromatic rings. The van der Waals surface area contributed by atoms with Gasteiger partial charge in [0.05, 0.1) is 23.1 Å². The highest BCUT2D eigenvalue weighted by Crippen LogP contribution is 2.19. The molecule has 0 radical (unpaired) electrons. The monoisotopic (exact) mass is 384 g/mol. The van der Waals surface area contributed by atoms with Crippen molar-refractivity contribution in [1.82, 2.24) is 15.1 Å². The Kier molecular flexibility index (Phi) is 7.93. The van der Waals surface area contributed by atoms with Crippen LogP contribution in [-0.2, 0) is 6.42 Å². The first-order valence-electron chi connectivity index (χ1n) is 8.34. The van der Waals surface area contributed by atoms with E-state index in [0.717, 1.165) is 24.2 Å². The summed E-state index contributed by atoms with van der Waals surface area (Å²) < 4.78 is 1.76. The van der Waals surface area contributed by atoms with Gasteiger partial charge in [-0.25, -0.2) is 4.68 Å². The normalized spacial score (nSPS) is 11.1. The molecule has 0 aliphatic carbocycles. The zero-order valence-corrected chi connectivity index (χ0v) is 16.5. The van der Waals surface area contributed by atoms with Crippen molar-refractivity contribution in [1.29, 1.82) is 0 Å². The largest absolute Gasteiger partial charge is 0.350 e. The van der Waals surface area contributed by atoms with E-state index < -0.39 is 0 Å². The molecule has 7 heteroatoms. The molecule has 138 valence electrons. The molecule has 5 nitrogen and oxygen atoms in total. The fourth-order valence-electron chi connectivity index (χ4n) is 2.59. The van der Waals surface area contributed by atoms with Crippen LogP contribution in [0.2, 0.25) is 5.02 Å². The van der Waals surface area contributed by atoms with E-state index in [2.05, 4.69) is 10.4 Å². The number of nitrogens with zero attached hydrogens (tertiary/aromatic N) is 2. The second-order valence-corrected chi connectivity index (χ2v) is 6.44. The Morgan fingerprint density at radius 2 is 2.00 bits per heavy atom. The molecule has 0 spiro atoms. The zero-order valence-electron chi connectivity index (χ0n) is 14.9. The lowest BCUT2D eigenvalue weighted by Gasteiger charge is -2.26. The Bertz CT molecular complexity index is 711. The lowest BCUT2D eigenvalue weighted by Crippen LogP contribution is -2.49. The highest BCUT2D eigenvalue weighted by Gasteiger charge is 2.23. The zero-order chi connectivity index (χ0) is 17.7. The van der Waals surface area contributed by atoms with Crippen molar-refractivity contribution in [3.63, 3.8) is 0 Å². The lowest BCUT2D eigenvalue weighted by atomic mass is 9.94. The van der Waals surface area contributed by atoms with Crippen LogP contribution in [0.4, 0.5) is 0 Å². The summed E-state index contributed by atoms with van der Waals surface area (Å²) in [7, 11) is 0. The molecule has 0 fully saturated rings. The van der Waals surface area contributed by atoms with E-state index in [1.54, 1.807) is 10.9 Å². The van der Waals surface area contributed by atoms with Gasteiger partial charge in [0.2, 0.25) is 0 Å². The Balaban J connectivity index is 0.00000312. The third-order valence-corrected chi connectivity index (χ3v) is 4.75. The Labute approximate surface area is 160 Å². The topological polar surface area (TPSA) is 72.9 Å². The third-order valence-electron chi connectivity index (χ3n) is 4.51. The minimum Gasteiger partial charge on any atom is -0.350 e. The number of amides is 1. The van der Waals surface area contributed by atoms with Gasteiger partial charge in [0, 0.05) is 17.1 Å². The van der Waals surface area contributed by atoms with Crippen LogP contribution in [0.15, 0.2) is 30.5 Å². The van der Waals surface area contributed by atoms with Gasteiger partial charge in [0.15, 0.2) is 0 Å². The number of nitrogens with one attached hydrogen (secondary N) is 1. The van der Waals surface area contributed by atoms with E-state index in [1.165, 1.54) is 0 Å². The van der Waals surface area contributed by atoms with Crippen molar-refractivity contribution in [3.05, 3.63) is 46.7 Å². The molecule has 0 aliphatic rings. The standard InChI is InChI=1S/C18H25ClN4O.ClH/c1-4-16-15(17(24)21-12-18(20,5-2)6-3)11-22-23(16)14-9-7-8-13(19)10-14;/h7-11H,4-6,12,20H2,1-3H3,(H,21,24);1H. The maximum Gasteiger partial charge on any atom is 0.254 e. The first-order valence-corrected chi connectivity index (χ1v) is 8.71. The second kappa shape index (κ2) is 9.22. The van der Waals surface area contributed by atoms with Gasteiger partial charge in [-0.05, 0) is 37.5 Å². The van der Waals surface area contributed by atoms with Gasteiger partial charge >= 0.3 is 0 Å². The number of aromatic nitrogens is 2. The van der Waals surface area contributed by atoms with Crippen molar-refractivity contribution < 1.29 is 4.79 Å². The van der Waals surface area contributed by atoms with E-state index in [-0.39, 0.29) is 23.9 Å². The van der Waals surface area contributed by atoms with E-state index in [1.807, 2.05) is 45.0 Å². The maximum atomic E-state index is 12.6. The molecule has 0 atom stereocenters.